The van der Waals surface area contributed by atoms with Crippen molar-refractivity contribution in [1.29, 1.82) is 0 Å². The molecule has 17 heavy (non-hydrogen) atoms. The second-order valence-corrected chi connectivity index (χ2v) is 5.01. The monoisotopic (exact) mass is 259 g/mol. The van der Waals surface area contributed by atoms with Gasteiger partial charge in [0.05, 0.1) is 13.4 Å². The lowest BCUT2D eigenvalue weighted by molar-refractivity contribution is 0.0593. The summed E-state index contributed by atoms with van der Waals surface area (Å²) in [4.78, 5) is 15.0. The molecule has 0 aliphatic carbocycles. The van der Waals surface area contributed by atoms with Crippen LogP contribution in [-0.2, 0) is 19.0 Å². The Morgan fingerprint density at radius 2 is 2.06 bits per heavy atom. The highest BCUT2D eigenvalue weighted by atomic mass is 32.2. The van der Waals surface area contributed by atoms with Crippen molar-refractivity contribution >= 4 is 16.1 Å². The van der Waals surface area contributed by atoms with Gasteiger partial charge in [-0.25, -0.2) is 9.78 Å². The molecule has 0 aromatic carbocycles. The lowest BCUT2D eigenvalue weighted by atomic mass is 10.2. The Morgan fingerprint density at radius 3 is 2.47 bits per heavy atom. The van der Waals surface area contributed by atoms with E-state index in [9.17, 15) is 13.2 Å². The second kappa shape index (κ2) is 5.24. The number of carbonyl (C=O) groups excluding carboxylic acids is 1. The molecule has 0 saturated heterocycles. The van der Waals surface area contributed by atoms with Crippen LogP contribution in [-0.4, -0.2) is 32.7 Å². The Hall–Kier alpha value is -1.47. The minimum absolute atomic E-state index is 0.155. The number of carbonyl (C=O) groups is 1. The van der Waals surface area contributed by atoms with Gasteiger partial charge in [-0.05, 0) is 13.0 Å². The number of pyridine rings is 1. The Morgan fingerprint density at radius 1 is 1.41 bits per heavy atom. The molecule has 94 valence electrons. The maximum atomic E-state index is 11.1. The average Bonchev–Trinajstić information content (AvgIpc) is 2.26. The van der Waals surface area contributed by atoms with E-state index in [0.717, 1.165) is 6.26 Å². The molecule has 1 aromatic heterocycles. The van der Waals surface area contributed by atoms with Gasteiger partial charge in [0, 0.05) is 11.8 Å². The first-order valence-corrected chi connectivity index (χ1v) is 6.57. The van der Waals surface area contributed by atoms with E-state index in [4.69, 9.17) is 4.18 Å². The summed E-state index contributed by atoms with van der Waals surface area (Å²) in [5.74, 6) is -0.548. The lowest BCUT2D eigenvalue weighted by Gasteiger charge is -2.10. The van der Waals surface area contributed by atoms with Crippen molar-refractivity contribution < 1.29 is 22.1 Å². The van der Waals surface area contributed by atoms with Crippen LogP contribution in [0.2, 0.25) is 0 Å². The number of methoxy groups -OCH3 is 1. The van der Waals surface area contributed by atoms with Gasteiger partial charge in [0.25, 0.3) is 10.1 Å². The largest absolute Gasteiger partial charge is 0.464 e. The van der Waals surface area contributed by atoms with Crippen molar-refractivity contribution in [2.45, 2.75) is 13.0 Å². The molecule has 0 saturated carbocycles. The van der Waals surface area contributed by atoms with E-state index in [0.29, 0.717) is 5.56 Å². The Labute approximate surface area is 99.7 Å². The van der Waals surface area contributed by atoms with Crippen LogP contribution in [0.1, 0.15) is 29.1 Å². The Balaban J connectivity index is 2.84. The van der Waals surface area contributed by atoms with Crippen molar-refractivity contribution in [2.24, 2.45) is 0 Å². The van der Waals surface area contributed by atoms with Crippen LogP contribution < -0.4 is 0 Å². The standard InChI is InChI=1S/C10H13NO5S/c1-7(16-17(3,13)14)8-4-5-9(11-6-8)10(12)15-2/h4-7H,1-3H3. The number of hydrogen-bond donors (Lipinski definition) is 0. The molecule has 7 heteroatoms. The lowest BCUT2D eigenvalue weighted by Crippen LogP contribution is -2.09. The van der Waals surface area contributed by atoms with Crippen molar-refractivity contribution in [1.82, 2.24) is 4.98 Å². The summed E-state index contributed by atoms with van der Waals surface area (Å²) in [6.07, 6.45) is 1.70. The molecular weight excluding hydrogens is 246 g/mol. The minimum atomic E-state index is -3.52. The van der Waals surface area contributed by atoms with Crippen LogP contribution in [0, 0.1) is 0 Å². The highest BCUT2D eigenvalue weighted by Gasteiger charge is 2.14. The zero-order valence-corrected chi connectivity index (χ0v) is 10.5. The maximum Gasteiger partial charge on any atom is 0.356 e. The van der Waals surface area contributed by atoms with Crippen LogP contribution >= 0.6 is 0 Å². The number of aromatic nitrogens is 1. The maximum absolute atomic E-state index is 11.1. The SMILES string of the molecule is COC(=O)c1ccc(C(C)OS(C)(=O)=O)cn1. The number of hydrogen-bond acceptors (Lipinski definition) is 6. The molecule has 0 aliphatic heterocycles. The van der Waals surface area contributed by atoms with Crippen LogP contribution in [0.15, 0.2) is 18.3 Å². The highest BCUT2D eigenvalue weighted by Crippen LogP contribution is 2.17. The van der Waals surface area contributed by atoms with E-state index in [1.54, 1.807) is 13.0 Å². The summed E-state index contributed by atoms with van der Waals surface area (Å²) in [5, 5.41) is 0. The van der Waals surface area contributed by atoms with Gasteiger partial charge in [-0.15, -0.1) is 0 Å². The molecule has 0 spiro atoms. The van der Waals surface area contributed by atoms with Gasteiger partial charge in [0.2, 0.25) is 0 Å². The molecule has 1 heterocycles. The smallest absolute Gasteiger partial charge is 0.356 e. The second-order valence-electron chi connectivity index (χ2n) is 3.41. The van der Waals surface area contributed by atoms with E-state index in [1.807, 2.05) is 0 Å². The normalized spacial score (nSPS) is 13.1. The van der Waals surface area contributed by atoms with E-state index in [-0.39, 0.29) is 5.69 Å². The molecule has 0 amide bonds. The van der Waals surface area contributed by atoms with Crippen LogP contribution in [0.5, 0.6) is 0 Å². The minimum Gasteiger partial charge on any atom is -0.464 e. The summed E-state index contributed by atoms with van der Waals surface area (Å²) in [6.45, 7) is 1.58. The number of nitrogens with zero attached hydrogens (tertiary/aromatic N) is 1. The number of esters is 1. The molecule has 0 fully saturated rings. The van der Waals surface area contributed by atoms with Crippen molar-refractivity contribution in [3.05, 3.63) is 29.6 Å². The van der Waals surface area contributed by atoms with E-state index in [1.165, 1.54) is 19.4 Å². The fraction of sp³-hybridized carbons (Fsp3) is 0.400. The fourth-order valence-electron chi connectivity index (χ4n) is 1.19. The fourth-order valence-corrected chi connectivity index (χ4v) is 1.82. The molecule has 0 bridgehead atoms. The summed E-state index contributed by atoms with van der Waals surface area (Å²) >= 11 is 0. The summed E-state index contributed by atoms with van der Waals surface area (Å²) < 4.78 is 31.1. The van der Waals surface area contributed by atoms with E-state index >= 15 is 0 Å². The molecule has 6 nitrogen and oxygen atoms in total. The van der Waals surface area contributed by atoms with Crippen molar-refractivity contribution in [3.8, 4) is 0 Å². The van der Waals surface area contributed by atoms with Crippen molar-refractivity contribution in [3.63, 3.8) is 0 Å². The average molecular weight is 259 g/mol. The predicted molar refractivity (Wildman–Crippen MR) is 59.9 cm³/mol. The third-order valence-corrected chi connectivity index (χ3v) is 2.61. The molecule has 0 N–H and O–H groups in total. The Kier molecular flexibility index (Phi) is 4.19. The first-order valence-electron chi connectivity index (χ1n) is 4.76. The topological polar surface area (TPSA) is 82.6 Å². The predicted octanol–water partition coefficient (Wildman–Crippen LogP) is 0.905. The molecule has 1 atom stereocenters. The third-order valence-electron chi connectivity index (χ3n) is 1.97. The van der Waals surface area contributed by atoms with E-state index < -0.39 is 22.2 Å². The number of ether oxygens (including phenoxy) is 1. The molecule has 0 radical (unpaired) electrons. The van der Waals surface area contributed by atoms with Gasteiger partial charge in [0.1, 0.15) is 11.8 Å². The van der Waals surface area contributed by atoms with Gasteiger partial charge in [-0.2, -0.15) is 8.42 Å². The number of rotatable bonds is 4. The third kappa shape index (κ3) is 4.12. The first kappa shape index (κ1) is 13.6. The molecule has 0 aliphatic rings. The van der Waals surface area contributed by atoms with Gasteiger partial charge in [0.15, 0.2) is 0 Å². The van der Waals surface area contributed by atoms with Crippen LogP contribution in [0.3, 0.4) is 0 Å². The first-order chi connectivity index (χ1) is 7.83. The summed E-state index contributed by atoms with van der Waals surface area (Å²) in [6, 6.07) is 3.01. The zero-order chi connectivity index (χ0) is 13.1. The van der Waals surface area contributed by atoms with Gasteiger partial charge in [-0.3, -0.25) is 4.18 Å². The van der Waals surface area contributed by atoms with Gasteiger partial charge < -0.3 is 4.74 Å². The molecule has 1 unspecified atom stereocenters. The van der Waals surface area contributed by atoms with E-state index in [2.05, 4.69) is 9.72 Å². The quantitative estimate of drug-likeness (QED) is 0.590. The molecule has 1 rings (SSSR count). The summed E-state index contributed by atoms with van der Waals surface area (Å²) in [5.41, 5.74) is 0.714. The molecular formula is C10H13NO5S. The molecule has 1 aromatic rings. The Bertz CT molecular complexity index is 494. The van der Waals surface area contributed by atoms with Crippen LogP contribution in [0.25, 0.3) is 0 Å². The van der Waals surface area contributed by atoms with Crippen LogP contribution in [0.4, 0.5) is 0 Å². The van der Waals surface area contributed by atoms with Gasteiger partial charge in [-0.1, -0.05) is 6.07 Å². The highest BCUT2D eigenvalue weighted by molar-refractivity contribution is 7.86. The van der Waals surface area contributed by atoms with Gasteiger partial charge >= 0.3 is 5.97 Å². The van der Waals surface area contributed by atoms with Crippen molar-refractivity contribution in [2.75, 3.05) is 13.4 Å². The summed E-state index contributed by atoms with van der Waals surface area (Å²) in [7, 11) is -2.26. The zero-order valence-electron chi connectivity index (χ0n) is 9.71.